The average Bonchev–Trinajstić information content (AvgIpc) is 3.12. The molecule has 1 amide bonds. The van der Waals surface area contributed by atoms with Gasteiger partial charge in [0, 0.05) is 13.0 Å². The maximum Gasteiger partial charge on any atom is 0.240 e. The summed E-state index contributed by atoms with van der Waals surface area (Å²) in [4.78, 5) is 11.9. The molecule has 0 spiro atoms. The van der Waals surface area contributed by atoms with Crippen molar-refractivity contribution < 1.29 is 17.7 Å². The van der Waals surface area contributed by atoms with Crippen LogP contribution in [0.2, 0.25) is 0 Å². The zero-order valence-electron chi connectivity index (χ0n) is 18.0. The van der Waals surface area contributed by atoms with Gasteiger partial charge in [-0.2, -0.15) is 0 Å². The Morgan fingerprint density at radius 1 is 1.19 bits per heavy atom. The summed E-state index contributed by atoms with van der Waals surface area (Å²) in [6.45, 7) is 3.93. The molecule has 8 heteroatoms. The molecule has 0 saturated heterocycles. The van der Waals surface area contributed by atoms with Crippen LogP contribution in [-0.4, -0.2) is 26.0 Å². The van der Waals surface area contributed by atoms with Gasteiger partial charge in [0.05, 0.1) is 4.90 Å². The van der Waals surface area contributed by atoms with E-state index in [2.05, 4.69) is 21.3 Å². The minimum Gasteiger partial charge on any atom is -0.354 e. The molecule has 166 valence electrons. The van der Waals surface area contributed by atoms with Gasteiger partial charge < -0.3 is 9.84 Å². The standard InChI is InChI=1S/C23H29N3O4S/c1-3-22(27)25-23-17(2)26-30-21(23)14-11-19-9-12-20(13-10-19)31(28,29)24-16-15-18-7-5-4-6-8-18/h7,9-14,24H,3-6,8,15-16H2,1-2H3,(H,25,27)/b14-11-. The third-order valence-corrected chi connectivity index (χ3v) is 6.69. The number of aromatic nitrogens is 1. The maximum atomic E-state index is 12.5. The molecule has 31 heavy (non-hydrogen) atoms. The molecule has 1 heterocycles. The normalized spacial score (nSPS) is 14.6. The summed E-state index contributed by atoms with van der Waals surface area (Å²) in [5, 5.41) is 6.67. The number of nitrogens with zero attached hydrogens (tertiary/aromatic N) is 1. The molecule has 3 rings (SSSR count). The highest BCUT2D eigenvalue weighted by Gasteiger charge is 2.15. The molecule has 7 nitrogen and oxygen atoms in total. The van der Waals surface area contributed by atoms with Crippen molar-refractivity contribution in [1.82, 2.24) is 9.88 Å². The van der Waals surface area contributed by atoms with Gasteiger partial charge in [0.15, 0.2) is 5.76 Å². The van der Waals surface area contributed by atoms with Crippen molar-refractivity contribution in [2.75, 3.05) is 11.9 Å². The number of nitrogens with one attached hydrogen (secondary N) is 2. The van der Waals surface area contributed by atoms with E-state index in [1.54, 1.807) is 50.3 Å². The van der Waals surface area contributed by atoms with Crippen LogP contribution in [0.4, 0.5) is 5.69 Å². The van der Waals surface area contributed by atoms with Crippen molar-refractivity contribution in [3.8, 4) is 0 Å². The summed E-state index contributed by atoms with van der Waals surface area (Å²) in [6.07, 6.45) is 11.4. The predicted octanol–water partition coefficient (Wildman–Crippen LogP) is 4.67. The number of sulfonamides is 1. The van der Waals surface area contributed by atoms with Crippen LogP contribution in [0, 0.1) is 6.92 Å². The second-order valence-corrected chi connectivity index (χ2v) is 9.33. The average molecular weight is 444 g/mol. The lowest BCUT2D eigenvalue weighted by Gasteiger charge is -2.13. The van der Waals surface area contributed by atoms with E-state index in [0.717, 1.165) is 24.8 Å². The van der Waals surface area contributed by atoms with Crippen molar-refractivity contribution in [2.45, 2.75) is 57.3 Å². The van der Waals surface area contributed by atoms with Crippen LogP contribution in [0.1, 0.15) is 62.5 Å². The fourth-order valence-electron chi connectivity index (χ4n) is 3.37. The van der Waals surface area contributed by atoms with Crippen LogP contribution in [0.15, 0.2) is 45.3 Å². The molecule has 0 atom stereocenters. The number of hydrogen-bond donors (Lipinski definition) is 2. The van der Waals surface area contributed by atoms with Crippen LogP contribution in [0.3, 0.4) is 0 Å². The molecule has 1 aliphatic carbocycles. The van der Waals surface area contributed by atoms with Crippen LogP contribution in [-0.2, 0) is 14.8 Å². The number of carbonyl (C=O) groups is 1. The second-order valence-electron chi connectivity index (χ2n) is 7.57. The topological polar surface area (TPSA) is 101 Å². The number of anilines is 1. The summed E-state index contributed by atoms with van der Waals surface area (Å²) < 4.78 is 33.0. The molecule has 0 unspecified atom stereocenters. The van der Waals surface area contributed by atoms with Gasteiger partial charge in [-0.1, -0.05) is 41.9 Å². The number of benzene rings is 1. The first-order valence-corrected chi connectivity index (χ1v) is 12.1. The van der Waals surface area contributed by atoms with Gasteiger partial charge >= 0.3 is 0 Å². The van der Waals surface area contributed by atoms with Crippen molar-refractivity contribution in [1.29, 1.82) is 0 Å². The molecule has 1 aliphatic rings. The van der Waals surface area contributed by atoms with E-state index in [0.29, 0.717) is 30.1 Å². The molecule has 0 fully saturated rings. The lowest BCUT2D eigenvalue weighted by atomic mass is 9.97. The van der Waals surface area contributed by atoms with Gasteiger partial charge in [0.2, 0.25) is 15.9 Å². The molecule has 0 saturated carbocycles. The Morgan fingerprint density at radius 2 is 1.97 bits per heavy atom. The summed E-state index contributed by atoms with van der Waals surface area (Å²) in [6, 6.07) is 6.60. The molecular weight excluding hydrogens is 414 g/mol. The number of hydrogen-bond acceptors (Lipinski definition) is 5. The van der Waals surface area contributed by atoms with Crippen molar-refractivity contribution in [3.05, 3.63) is 52.9 Å². The van der Waals surface area contributed by atoms with Crippen molar-refractivity contribution in [2.24, 2.45) is 0 Å². The highest BCUT2D eigenvalue weighted by molar-refractivity contribution is 7.89. The SMILES string of the molecule is CCC(=O)Nc1c(C)noc1/C=C\c1ccc(S(=O)(=O)NCCC2=CCCCC2)cc1. The number of aryl methyl sites for hydroxylation is 1. The van der Waals surface area contributed by atoms with Gasteiger partial charge in [-0.05, 0) is 62.8 Å². The fourth-order valence-corrected chi connectivity index (χ4v) is 4.40. The number of allylic oxidation sites excluding steroid dienone is 1. The molecule has 2 aromatic rings. The summed E-state index contributed by atoms with van der Waals surface area (Å²) in [7, 11) is -3.54. The third kappa shape index (κ3) is 6.38. The quantitative estimate of drug-likeness (QED) is 0.549. The molecule has 2 N–H and O–H groups in total. The fraction of sp³-hybridized carbons (Fsp3) is 0.391. The van der Waals surface area contributed by atoms with E-state index in [4.69, 9.17) is 4.52 Å². The van der Waals surface area contributed by atoms with Gasteiger partial charge in [-0.25, -0.2) is 13.1 Å². The Balaban J connectivity index is 1.62. The summed E-state index contributed by atoms with van der Waals surface area (Å²) in [5.41, 5.74) is 3.28. The Kier molecular flexibility index (Phi) is 7.81. The van der Waals surface area contributed by atoms with E-state index < -0.39 is 10.0 Å². The van der Waals surface area contributed by atoms with E-state index in [-0.39, 0.29) is 10.8 Å². The largest absolute Gasteiger partial charge is 0.354 e. The Morgan fingerprint density at radius 3 is 2.65 bits per heavy atom. The Bertz CT molecular complexity index is 1070. The van der Waals surface area contributed by atoms with Crippen molar-refractivity contribution >= 4 is 33.8 Å². The number of carbonyl (C=O) groups excluding carboxylic acids is 1. The van der Waals surface area contributed by atoms with Gasteiger partial charge in [0.25, 0.3) is 0 Å². The molecule has 0 aliphatic heterocycles. The van der Waals surface area contributed by atoms with Crippen LogP contribution < -0.4 is 10.0 Å². The minimum atomic E-state index is -3.54. The molecule has 1 aromatic heterocycles. The molecule has 1 aromatic carbocycles. The minimum absolute atomic E-state index is 0.122. The maximum absolute atomic E-state index is 12.5. The Labute approximate surface area is 183 Å². The number of amides is 1. The highest BCUT2D eigenvalue weighted by atomic mass is 32.2. The predicted molar refractivity (Wildman–Crippen MR) is 122 cm³/mol. The van der Waals surface area contributed by atoms with Gasteiger partial charge in [-0.3, -0.25) is 4.79 Å². The molecule has 0 bridgehead atoms. The van der Waals surface area contributed by atoms with E-state index in [1.807, 2.05) is 0 Å². The molecular formula is C23H29N3O4S. The Hall–Kier alpha value is -2.71. The third-order valence-electron chi connectivity index (χ3n) is 5.22. The summed E-state index contributed by atoms with van der Waals surface area (Å²) in [5.74, 6) is 0.317. The van der Waals surface area contributed by atoms with E-state index in [9.17, 15) is 13.2 Å². The van der Waals surface area contributed by atoms with Gasteiger partial charge in [0.1, 0.15) is 11.4 Å². The van der Waals surface area contributed by atoms with Gasteiger partial charge in [-0.15, -0.1) is 0 Å². The van der Waals surface area contributed by atoms with E-state index >= 15 is 0 Å². The van der Waals surface area contributed by atoms with Crippen molar-refractivity contribution in [3.63, 3.8) is 0 Å². The lowest BCUT2D eigenvalue weighted by Crippen LogP contribution is -2.25. The first-order chi connectivity index (χ1) is 14.9. The van der Waals surface area contributed by atoms with Crippen LogP contribution >= 0.6 is 0 Å². The van der Waals surface area contributed by atoms with Crippen LogP contribution in [0.5, 0.6) is 0 Å². The smallest absolute Gasteiger partial charge is 0.240 e. The zero-order chi connectivity index (χ0) is 22.3. The molecule has 0 radical (unpaired) electrons. The monoisotopic (exact) mass is 443 g/mol. The lowest BCUT2D eigenvalue weighted by molar-refractivity contribution is -0.115. The van der Waals surface area contributed by atoms with Crippen LogP contribution in [0.25, 0.3) is 12.2 Å². The second kappa shape index (κ2) is 10.5. The highest BCUT2D eigenvalue weighted by Crippen LogP contribution is 2.23. The summed E-state index contributed by atoms with van der Waals surface area (Å²) >= 11 is 0. The zero-order valence-corrected chi connectivity index (χ0v) is 18.8. The number of rotatable bonds is 9. The van der Waals surface area contributed by atoms with E-state index in [1.165, 1.54) is 18.4 Å². The first-order valence-electron chi connectivity index (χ1n) is 10.6. The first kappa shape index (κ1) is 23.0.